The Morgan fingerprint density at radius 2 is 1.96 bits per heavy atom. The number of nitrogens with zero attached hydrogens (tertiary/aromatic N) is 4. The lowest BCUT2D eigenvalue weighted by Gasteiger charge is -2.22. The first kappa shape index (κ1) is 18.1. The molecule has 0 spiro atoms. The predicted molar refractivity (Wildman–Crippen MR) is 100 cm³/mol. The smallest absolute Gasteiger partial charge is 0.272 e. The molecule has 2 aliphatic rings. The van der Waals surface area contributed by atoms with Crippen molar-refractivity contribution in [2.45, 2.75) is 24.6 Å². The summed E-state index contributed by atoms with van der Waals surface area (Å²) in [6.45, 7) is 1.87. The highest BCUT2D eigenvalue weighted by atomic mass is 32.2. The highest BCUT2D eigenvalue weighted by molar-refractivity contribution is 7.90. The Hall–Kier alpha value is -2.32. The molecule has 8 heteroatoms. The van der Waals surface area contributed by atoms with Gasteiger partial charge in [-0.15, -0.1) is 0 Å². The number of hydrogen-bond acceptors (Lipinski definition) is 5. The molecule has 27 heavy (non-hydrogen) atoms. The summed E-state index contributed by atoms with van der Waals surface area (Å²) in [5, 5.41) is -0.421. The van der Waals surface area contributed by atoms with Crippen LogP contribution in [0.5, 0.6) is 0 Å². The van der Waals surface area contributed by atoms with Crippen LogP contribution in [0, 0.1) is 5.92 Å². The van der Waals surface area contributed by atoms with Crippen molar-refractivity contribution < 1.29 is 13.2 Å². The fraction of sp³-hybridized carbons (Fsp3) is 0.421. The lowest BCUT2D eigenvalue weighted by molar-refractivity contribution is 0.0753. The topological polar surface area (TPSA) is 83.5 Å². The quantitative estimate of drug-likeness (QED) is 0.799. The minimum Gasteiger partial charge on any atom is -0.337 e. The van der Waals surface area contributed by atoms with Crippen LogP contribution in [0.15, 0.2) is 48.9 Å². The largest absolute Gasteiger partial charge is 0.337 e. The van der Waals surface area contributed by atoms with E-state index in [0.717, 1.165) is 5.56 Å². The molecule has 0 unspecified atom stereocenters. The van der Waals surface area contributed by atoms with Crippen LogP contribution in [0.1, 0.15) is 28.9 Å². The summed E-state index contributed by atoms with van der Waals surface area (Å²) in [5.41, 5.74) is 1.30. The van der Waals surface area contributed by atoms with E-state index in [0.29, 0.717) is 44.7 Å². The summed E-state index contributed by atoms with van der Waals surface area (Å²) >= 11 is 0. The number of carbonyl (C=O) groups excluding carboxylic acids is 1. The lowest BCUT2D eigenvalue weighted by atomic mass is 10.0. The van der Waals surface area contributed by atoms with Crippen molar-refractivity contribution in [2.75, 3.05) is 19.6 Å². The Morgan fingerprint density at radius 1 is 1.11 bits per heavy atom. The summed E-state index contributed by atoms with van der Waals surface area (Å²) in [5.74, 6) is -0.0756. The molecule has 2 saturated heterocycles. The molecule has 0 radical (unpaired) electrons. The minimum atomic E-state index is -3.37. The maximum Gasteiger partial charge on any atom is 0.272 e. The average molecular weight is 386 g/mol. The third-order valence-electron chi connectivity index (χ3n) is 5.41. The van der Waals surface area contributed by atoms with E-state index >= 15 is 0 Å². The highest BCUT2D eigenvalue weighted by Crippen LogP contribution is 2.35. The van der Waals surface area contributed by atoms with E-state index in [4.69, 9.17) is 0 Å². The zero-order valence-electron chi connectivity index (χ0n) is 14.9. The second-order valence-electron chi connectivity index (χ2n) is 7.08. The van der Waals surface area contributed by atoms with Crippen molar-refractivity contribution >= 4 is 15.9 Å². The molecule has 7 nitrogen and oxygen atoms in total. The molecule has 2 aromatic heterocycles. The van der Waals surface area contributed by atoms with E-state index in [1.807, 2.05) is 12.1 Å². The van der Waals surface area contributed by atoms with Gasteiger partial charge >= 0.3 is 0 Å². The zero-order valence-corrected chi connectivity index (χ0v) is 15.8. The molecular weight excluding hydrogens is 364 g/mol. The van der Waals surface area contributed by atoms with Gasteiger partial charge in [-0.05, 0) is 42.5 Å². The predicted octanol–water partition coefficient (Wildman–Crippen LogP) is 1.54. The number of aromatic nitrogens is 2. The van der Waals surface area contributed by atoms with Crippen LogP contribution >= 0.6 is 0 Å². The Labute approximate surface area is 159 Å². The zero-order chi connectivity index (χ0) is 18.9. The molecule has 0 bridgehead atoms. The van der Waals surface area contributed by atoms with Crippen LogP contribution in [-0.2, 0) is 16.6 Å². The first-order valence-electron chi connectivity index (χ1n) is 9.14. The first-order chi connectivity index (χ1) is 13.1. The van der Waals surface area contributed by atoms with Gasteiger partial charge in [0.2, 0.25) is 10.0 Å². The van der Waals surface area contributed by atoms with Gasteiger partial charge in [-0.3, -0.25) is 14.8 Å². The van der Waals surface area contributed by atoms with E-state index in [1.54, 1.807) is 46.0 Å². The average Bonchev–Trinajstić information content (AvgIpc) is 2.83. The molecule has 0 saturated carbocycles. The summed E-state index contributed by atoms with van der Waals surface area (Å²) in [6, 6.07) is 8.96. The number of hydrogen-bond donors (Lipinski definition) is 0. The van der Waals surface area contributed by atoms with Crippen molar-refractivity contribution in [1.82, 2.24) is 19.2 Å². The Bertz CT molecular complexity index is 905. The monoisotopic (exact) mass is 386 g/mol. The fourth-order valence-electron chi connectivity index (χ4n) is 4.00. The highest BCUT2D eigenvalue weighted by Gasteiger charge is 2.47. The van der Waals surface area contributed by atoms with E-state index in [1.165, 1.54) is 0 Å². The van der Waals surface area contributed by atoms with Gasteiger partial charge in [0.25, 0.3) is 5.91 Å². The number of sulfonamides is 1. The summed E-state index contributed by atoms with van der Waals surface area (Å²) in [4.78, 5) is 22.6. The number of carbonyl (C=O) groups is 1. The van der Waals surface area contributed by atoms with Crippen LogP contribution in [0.4, 0.5) is 0 Å². The van der Waals surface area contributed by atoms with Crippen molar-refractivity contribution in [3.63, 3.8) is 0 Å². The van der Waals surface area contributed by atoms with Crippen LogP contribution in [0.2, 0.25) is 0 Å². The molecule has 1 amide bonds. The molecule has 2 atom stereocenters. The molecule has 4 heterocycles. The maximum atomic E-state index is 13.0. The molecular formula is C19H22N4O3S. The molecule has 2 aliphatic heterocycles. The number of rotatable bonds is 3. The minimum absolute atomic E-state index is 0.0493. The molecule has 2 aromatic rings. The van der Waals surface area contributed by atoms with Crippen LogP contribution in [0.3, 0.4) is 0 Å². The molecule has 4 rings (SSSR count). The number of amides is 1. The summed E-state index contributed by atoms with van der Waals surface area (Å²) in [7, 11) is -3.37. The van der Waals surface area contributed by atoms with E-state index in [2.05, 4.69) is 9.97 Å². The fourth-order valence-corrected chi connectivity index (χ4v) is 6.22. The van der Waals surface area contributed by atoms with E-state index in [9.17, 15) is 13.2 Å². The molecule has 142 valence electrons. The van der Waals surface area contributed by atoms with Gasteiger partial charge in [0.1, 0.15) is 5.69 Å². The van der Waals surface area contributed by atoms with Gasteiger partial charge in [0.05, 0.1) is 5.25 Å². The van der Waals surface area contributed by atoms with Crippen LogP contribution < -0.4 is 0 Å². The van der Waals surface area contributed by atoms with E-state index in [-0.39, 0.29) is 11.8 Å². The number of pyridine rings is 2. The second-order valence-corrected chi connectivity index (χ2v) is 9.23. The van der Waals surface area contributed by atoms with Gasteiger partial charge in [-0.1, -0.05) is 12.1 Å². The van der Waals surface area contributed by atoms with Crippen LogP contribution in [-0.4, -0.2) is 58.4 Å². The Balaban J connectivity index is 1.46. The Morgan fingerprint density at radius 3 is 2.70 bits per heavy atom. The van der Waals surface area contributed by atoms with Crippen molar-refractivity contribution in [2.24, 2.45) is 5.92 Å². The van der Waals surface area contributed by atoms with Crippen molar-refractivity contribution in [3.05, 3.63) is 60.2 Å². The molecule has 0 aromatic carbocycles. The van der Waals surface area contributed by atoms with Crippen molar-refractivity contribution in [1.29, 1.82) is 0 Å². The summed E-state index contributed by atoms with van der Waals surface area (Å²) in [6.07, 6.45) is 6.14. The summed E-state index contributed by atoms with van der Waals surface area (Å²) < 4.78 is 27.6. The second kappa shape index (κ2) is 7.36. The van der Waals surface area contributed by atoms with Crippen LogP contribution in [0.25, 0.3) is 0 Å². The third kappa shape index (κ3) is 3.59. The first-order valence-corrected chi connectivity index (χ1v) is 10.6. The van der Waals surface area contributed by atoms with Crippen molar-refractivity contribution in [3.8, 4) is 0 Å². The Kier molecular flexibility index (Phi) is 4.92. The van der Waals surface area contributed by atoms with Gasteiger partial charge in [0, 0.05) is 44.8 Å². The lowest BCUT2D eigenvalue weighted by Crippen LogP contribution is -2.35. The standard InChI is InChI=1S/C19H22N4O3S/c24-19(17-5-1-2-9-21-17)22-10-6-16-14-23(13-15-4-3-8-20-12-15)27(25,26)18(16)7-11-22/h1-5,8-9,12,16,18H,6-7,10-11,13-14H2/t16-,18-/m1/s1. The number of likely N-dealkylation sites (tertiary alicyclic amines) is 1. The third-order valence-corrected chi connectivity index (χ3v) is 7.80. The van der Waals surface area contributed by atoms with Gasteiger partial charge < -0.3 is 4.90 Å². The SMILES string of the molecule is O=C(c1ccccn1)N1CC[C@@H]2CN(Cc3cccnc3)S(=O)(=O)[C@@H]2CC1. The van der Waals surface area contributed by atoms with Gasteiger partial charge in [0.15, 0.2) is 0 Å². The normalized spacial score (nSPS) is 25.0. The molecule has 2 fully saturated rings. The maximum absolute atomic E-state index is 13.0. The van der Waals surface area contributed by atoms with E-state index < -0.39 is 15.3 Å². The molecule has 0 aliphatic carbocycles. The molecule has 0 N–H and O–H groups in total. The number of fused-ring (bicyclic) bond motifs is 1. The van der Waals surface area contributed by atoms with Gasteiger partial charge in [-0.2, -0.15) is 4.31 Å². The van der Waals surface area contributed by atoms with Gasteiger partial charge in [-0.25, -0.2) is 8.42 Å².